The van der Waals surface area contributed by atoms with Crippen LogP contribution in [0.25, 0.3) is 0 Å². The Kier molecular flexibility index (Phi) is 11.2. The summed E-state index contributed by atoms with van der Waals surface area (Å²) in [7, 11) is -4.18. The van der Waals surface area contributed by atoms with Crippen molar-refractivity contribution < 1.29 is 22.7 Å². The van der Waals surface area contributed by atoms with Gasteiger partial charge in [0.1, 0.15) is 18.3 Å². The van der Waals surface area contributed by atoms with Crippen molar-refractivity contribution in [2.45, 2.75) is 64.1 Å². The molecule has 4 rings (SSSR count). The number of rotatable bonds is 13. The molecule has 1 N–H and O–H groups in total. The molecule has 0 bridgehead atoms. The highest BCUT2D eigenvalue weighted by atomic mass is 32.2. The fourth-order valence-corrected chi connectivity index (χ4v) is 6.57. The molecule has 0 saturated carbocycles. The molecular weight excluding hydrogens is 598 g/mol. The third-order valence-corrected chi connectivity index (χ3v) is 9.04. The molecule has 0 aliphatic carbocycles. The monoisotopic (exact) mass is 641 g/mol. The van der Waals surface area contributed by atoms with Gasteiger partial charge in [-0.25, -0.2) is 8.42 Å². The molecular formula is C37H43N3O5S. The number of amides is 2. The molecule has 46 heavy (non-hydrogen) atoms. The largest absolute Gasteiger partial charge is 0.494 e. The standard InChI is InChI=1S/C37H43N3O5S/c1-6-45-32-22-20-31(21-23-32)40(46(43,44)33-18-11-8-12-19-33)27-35(41)39(26-30-17-13-14-28(2)24-30)34(36(42)38-37(3,4)5)25-29-15-9-7-10-16-29/h7-24,34H,6,25-27H2,1-5H3,(H,38,42). The van der Waals surface area contributed by atoms with Crippen molar-refractivity contribution >= 4 is 27.5 Å². The lowest BCUT2D eigenvalue weighted by atomic mass is 10.0. The quantitative estimate of drug-likeness (QED) is 0.189. The number of carbonyl (C=O) groups is 2. The van der Waals surface area contributed by atoms with E-state index < -0.39 is 34.1 Å². The van der Waals surface area contributed by atoms with Crippen LogP contribution in [0.1, 0.15) is 44.4 Å². The predicted octanol–water partition coefficient (Wildman–Crippen LogP) is 6.14. The van der Waals surface area contributed by atoms with E-state index in [0.29, 0.717) is 18.0 Å². The Hall–Kier alpha value is -4.63. The maximum atomic E-state index is 14.6. The summed E-state index contributed by atoms with van der Waals surface area (Å²) in [4.78, 5) is 30.1. The summed E-state index contributed by atoms with van der Waals surface area (Å²) in [6.45, 7) is 9.53. The third-order valence-electron chi connectivity index (χ3n) is 7.25. The molecule has 4 aromatic carbocycles. The number of aryl methyl sites for hydroxylation is 1. The lowest BCUT2D eigenvalue weighted by Crippen LogP contribution is -2.56. The Labute approximate surface area is 273 Å². The van der Waals surface area contributed by atoms with Crippen molar-refractivity contribution in [3.63, 3.8) is 0 Å². The van der Waals surface area contributed by atoms with E-state index in [0.717, 1.165) is 21.0 Å². The normalized spacial score (nSPS) is 12.2. The van der Waals surface area contributed by atoms with Crippen LogP contribution in [0.3, 0.4) is 0 Å². The van der Waals surface area contributed by atoms with Gasteiger partial charge in [0, 0.05) is 18.5 Å². The van der Waals surface area contributed by atoms with Crippen LogP contribution in [0.2, 0.25) is 0 Å². The molecule has 242 valence electrons. The van der Waals surface area contributed by atoms with Gasteiger partial charge in [0.2, 0.25) is 11.8 Å². The van der Waals surface area contributed by atoms with Gasteiger partial charge >= 0.3 is 0 Å². The van der Waals surface area contributed by atoms with E-state index in [1.54, 1.807) is 42.5 Å². The highest BCUT2D eigenvalue weighted by Gasteiger charge is 2.35. The van der Waals surface area contributed by atoms with Crippen LogP contribution in [0.4, 0.5) is 5.69 Å². The first-order valence-corrected chi connectivity index (χ1v) is 16.8. The first-order valence-electron chi connectivity index (χ1n) is 15.4. The van der Waals surface area contributed by atoms with Gasteiger partial charge in [-0.3, -0.25) is 13.9 Å². The summed E-state index contributed by atoms with van der Waals surface area (Å²) >= 11 is 0. The minimum atomic E-state index is -4.18. The summed E-state index contributed by atoms with van der Waals surface area (Å²) in [5.41, 5.74) is 2.45. The Morgan fingerprint density at radius 2 is 1.43 bits per heavy atom. The maximum absolute atomic E-state index is 14.6. The topological polar surface area (TPSA) is 96.0 Å². The molecule has 0 spiro atoms. The lowest BCUT2D eigenvalue weighted by Gasteiger charge is -2.35. The van der Waals surface area contributed by atoms with Crippen LogP contribution in [0, 0.1) is 6.92 Å². The van der Waals surface area contributed by atoms with E-state index in [9.17, 15) is 18.0 Å². The van der Waals surface area contributed by atoms with Crippen molar-refractivity contribution in [2.24, 2.45) is 0 Å². The summed E-state index contributed by atoms with van der Waals surface area (Å²) in [6.07, 6.45) is 0.245. The highest BCUT2D eigenvalue weighted by molar-refractivity contribution is 7.92. The molecule has 8 nitrogen and oxygen atoms in total. The Balaban J connectivity index is 1.81. The van der Waals surface area contributed by atoms with Crippen molar-refractivity contribution in [1.82, 2.24) is 10.2 Å². The fraction of sp³-hybridized carbons (Fsp3) is 0.297. The van der Waals surface area contributed by atoms with Gasteiger partial charge in [0.15, 0.2) is 0 Å². The SMILES string of the molecule is CCOc1ccc(N(CC(=O)N(Cc2cccc(C)c2)C(Cc2ccccc2)C(=O)NC(C)(C)C)S(=O)(=O)c2ccccc2)cc1. The maximum Gasteiger partial charge on any atom is 0.264 e. The molecule has 0 aromatic heterocycles. The Morgan fingerprint density at radius 3 is 2.02 bits per heavy atom. The number of benzene rings is 4. The average Bonchev–Trinajstić information content (AvgIpc) is 3.02. The van der Waals surface area contributed by atoms with E-state index in [1.807, 2.05) is 89.2 Å². The number of hydrogen-bond acceptors (Lipinski definition) is 5. The molecule has 2 amide bonds. The second-order valence-corrected chi connectivity index (χ2v) is 14.1. The van der Waals surface area contributed by atoms with E-state index in [2.05, 4.69) is 5.32 Å². The van der Waals surface area contributed by atoms with Crippen molar-refractivity contribution in [1.29, 1.82) is 0 Å². The Bertz CT molecular complexity index is 1700. The van der Waals surface area contributed by atoms with Crippen molar-refractivity contribution in [3.05, 3.63) is 126 Å². The van der Waals surface area contributed by atoms with Gasteiger partial charge in [0.25, 0.3) is 10.0 Å². The molecule has 0 aliphatic rings. The minimum absolute atomic E-state index is 0.0493. The number of carbonyl (C=O) groups excluding carboxylic acids is 2. The van der Waals surface area contributed by atoms with Crippen LogP contribution < -0.4 is 14.4 Å². The van der Waals surface area contributed by atoms with Crippen LogP contribution in [-0.4, -0.2) is 49.9 Å². The molecule has 0 saturated heterocycles. The highest BCUT2D eigenvalue weighted by Crippen LogP contribution is 2.27. The third kappa shape index (κ3) is 9.20. The van der Waals surface area contributed by atoms with E-state index in [4.69, 9.17) is 4.74 Å². The minimum Gasteiger partial charge on any atom is -0.494 e. The van der Waals surface area contributed by atoms with Gasteiger partial charge in [-0.15, -0.1) is 0 Å². The summed E-state index contributed by atoms with van der Waals surface area (Å²) in [5.74, 6) is -0.256. The number of ether oxygens (including phenoxy) is 1. The number of nitrogens with one attached hydrogen (secondary N) is 1. The van der Waals surface area contributed by atoms with Crippen LogP contribution in [0.5, 0.6) is 5.75 Å². The second-order valence-electron chi connectivity index (χ2n) is 12.2. The fourth-order valence-electron chi connectivity index (χ4n) is 5.14. The van der Waals surface area contributed by atoms with Crippen LogP contribution in [0.15, 0.2) is 114 Å². The van der Waals surface area contributed by atoms with Gasteiger partial charge in [-0.1, -0.05) is 78.4 Å². The number of anilines is 1. The van der Waals surface area contributed by atoms with E-state index in [-0.39, 0.29) is 23.8 Å². The van der Waals surface area contributed by atoms with Crippen molar-refractivity contribution in [3.8, 4) is 5.75 Å². The summed E-state index contributed by atoms with van der Waals surface area (Å²) in [6, 6.07) is 30.9. The first-order chi connectivity index (χ1) is 21.9. The molecule has 0 heterocycles. The van der Waals surface area contributed by atoms with Crippen LogP contribution >= 0.6 is 0 Å². The number of nitrogens with zero attached hydrogens (tertiary/aromatic N) is 2. The summed E-state index contributed by atoms with van der Waals surface area (Å²) in [5, 5.41) is 3.05. The van der Waals surface area contributed by atoms with E-state index >= 15 is 0 Å². The molecule has 4 aromatic rings. The molecule has 9 heteroatoms. The first kappa shape index (κ1) is 34.2. The number of hydrogen-bond donors (Lipinski definition) is 1. The zero-order chi connectivity index (χ0) is 33.3. The van der Waals surface area contributed by atoms with Gasteiger partial charge < -0.3 is 15.0 Å². The zero-order valence-corrected chi connectivity index (χ0v) is 28.0. The van der Waals surface area contributed by atoms with Crippen molar-refractivity contribution in [2.75, 3.05) is 17.5 Å². The molecule has 0 aliphatic heterocycles. The van der Waals surface area contributed by atoms with Crippen LogP contribution in [-0.2, 0) is 32.6 Å². The molecule has 1 atom stereocenters. The number of sulfonamides is 1. The summed E-state index contributed by atoms with van der Waals surface area (Å²) < 4.78 is 34.9. The van der Waals surface area contributed by atoms with Gasteiger partial charge in [-0.05, 0) is 82.1 Å². The predicted molar refractivity (Wildman–Crippen MR) is 182 cm³/mol. The molecule has 1 unspecified atom stereocenters. The molecule has 0 radical (unpaired) electrons. The second kappa shape index (κ2) is 15.1. The smallest absolute Gasteiger partial charge is 0.264 e. The average molecular weight is 642 g/mol. The van der Waals surface area contributed by atoms with E-state index in [1.165, 1.54) is 17.0 Å². The Morgan fingerprint density at radius 1 is 0.826 bits per heavy atom. The van der Waals surface area contributed by atoms with Gasteiger partial charge in [-0.2, -0.15) is 0 Å². The zero-order valence-electron chi connectivity index (χ0n) is 27.1. The molecule has 0 fully saturated rings. The van der Waals surface area contributed by atoms with Gasteiger partial charge in [0.05, 0.1) is 17.2 Å². The lowest BCUT2D eigenvalue weighted by molar-refractivity contribution is -0.140.